The largest absolute Gasteiger partial charge is 0.394 e. The van der Waals surface area contributed by atoms with Gasteiger partial charge in [-0.25, -0.2) is 0 Å². The molecule has 20 heavy (non-hydrogen) atoms. The summed E-state index contributed by atoms with van der Waals surface area (Å²) in [6.45, 7) is 0.0894. The molecule has 0 aliphatic carbocycles. The normalized spacial score (nSPS) is 35.2. The molecule has 0 unspecified atom stereocenters. The summed E-state index contributed by atoms with van der Waals surface area (Å²) in [5.74, 6) is 0. The maximum Gasteiger partial charge on any atom is 0.186 e. The zero-order valence-corrected chi connectivity index (χ0v) is 11.3. The summed E-state index contributed by atoms with van der Waals surface area (Å²) in [5, 5.41) is 38.1. The minimum absolute atomic E-state index is 0.0270. The van der Waals surface area contributed by atoms with Gasteiger partial charge < -0.3 is 47.1 Å². The standard InChI is InChI=1S/C11H25N3O6/c12-2-11(3-13,4-14)5-19-10-9(18)8(17)7(16)6(1-15)20-10/h6-10,15-18H,1-5,12-14H2/t6-,7-,8+,9-,10-/m1/s1. The third kappa shape index (κ3) is 3.64. The van der Waals surface area contributed by atoms with Crippen LogP contribution in [0.4, 0.5) is 0 Å². The number of rotatable bonds is 7. The summed E-state index contributed by atoms with van der Waals surface area (Å²) in [6.07, 6.45) is -6.55. The maximum atomic E-state index is 9.80. The van der Waals surface area contributed by atoms with Crippen molar-refractivity contribution in [2.75, 3.05) is 32.8 Å². The Morgan fingerprint density at radius 2 is 1.50 bits per heavy atom. The zero-order valence-electron chi connectivity index (χ0n) is 11.3. The fourth-order valence-corrected chi connectivity index (χ4v) is 1.89. The predicted molar refractivity (Wildman–Crippen MR) is 69.3 cm³/mol. The van der Waals surface area contributed by atoms with Gasteiger partial charge in [-0.15, -0.1) is 0 Å². The van der Waals surface area contributed by atoms with Crippen molar-refractivity contribution in [1.82, 2.24) is 0 Å². The van der Waals surface area contributed by atoms with E-state index < -0.39 is 42.7 Å². The molecule has 1 rings (SSSR count). The van der Waals surface area contributed by atoms with Crippen LogP contribution in [0.5, 0.6) is 0 Å². The highest BCUT2D eigenvalue weighted by Gasteiger charge is 2.44. The molecule has 1 aliphatic heterocycles. The topological polar surface area (TPSA) is 177 Å². The highest BCUT2D eigenvalue weighted by Crippen LogP contribution is 2.23. The number of ether oxygens (including phenoxy) is 2. The van der Waals surface area contributed by atoms with Gasteiger partial charge in [0.05, 0.1) is 13.2 Å². The molecule has 0 aromatic carbocycles. The molecule has 1 fully saturated rings. The number of hydrogen-bond acceptors (Lipinski definition) is 9. The van der Waals surface area contributed by atoms with Gasteiger partial charge in [-0.3, -0.25) is 0 Å². The van der Waals surface area contributed by atoms with Gasteiger partial charge in [0, 0.05) is 25.0 Å². The van der Waals surface area contributed by atoms with E-state index in [9.17, 15) is 15.3 Å². The molecule has 0 saturated carbocycles. The van der Waals surface area contributed by atoms with E-state index in [4.69, 9.17) is 31.8 Å². The minimum Gasteiger partial charge on any atom is -0.394 e. The highest BCUT2D eigenvalue weighted by atomic mass is 16.7. The van der Waals surface area contributed by atoms with Crippen molar-refractivity contribution in [1.29, 1.82) is 0 Å². The van der Waals surface area contributed by atoms with Crippen molar-refractivity contribution in [2.45, 2.75) is 30.7 Å². The lowest BCUT2D eigenvalue weighted by Crippen LogP contribution is -2.60. The van der Waals surface area contributed by atoms with Gasteiger partial charge in [-0.05, 0) is 0 Å². The summed E-state index contributed by atoms with van der Waals surface area (Å²) in [4.78, 5) is 0. The Morgan fingerprint density at radius 3 is 1.95 bits per heavy atom. The first-order valence-electron chi connectivity index (χ1n) is 6.47. The van der Waals surface area contributed by atoms with E-state index in [1.165, 1.54) is 0 Å². The molecule has 0 spiro atoms. The Bertz CT molecular complexity index is 281. The summed E-state index contributed by atoms with van der Waals surface area (Å²) in [7, 11) is 0. The number of nitrogens with two attached hydrogens (primary N) is 3. The Hall–Kier alpha value is -0.360. The molecule has 120 valence electrons. The molecule has 9 heteroatoms. The minimum atomic E-state index is -1.48. The van der Waals surface area contributed by atoms with Crippen molar-refractivity contribution in [2.24, 2.45) is 22.6 Å². The van der Waals surface area contributed by atoms with Crippen LogP contribution in [-0.2, 0) is 9.47 Å². The van der Waals surface area contributed by atoms with Gasteiger partial charge in [-0.2, -0.15) is 0 Å². The lowest BCUT2D eigenvalue weighted by Gasteiger charge is -2.41. The molecule has 5 atom stereocenters. The van der Waals surface area contributed by atoms with Crippen LogP contribution in [0.2, 0.25) is 0 Å². The van der Waals surface area contributed by atoms with Crippen LogP contribution in [0.1, 0.15) is 0 Å². The molecule has 0 amide bonds. The van der Waals surface area contributed by atoms with E-state index in [1.54, 1.807) is 0 Å². The van der Waals surface area contributed by atoms with Crippen LogP contribution < -0.4 is 17.2 Å². The van der Waals surface area contributed by atoms with E-state index >= 15 is 0 Å². The molecule has 0 aromatic heterocycles. The Balaban J connectivity index is 2.66. The third-order valence-electron chi connectivity index (χ3n) is 3.70. The van der Waals surface area contributed by atoms with E-state index in [0.717, 1.165) is 0 Å². The zero-order chi connectivity index (χ0) is 15.3. The van der Waals surface area contributed by atoms with Crippen molar-refractivity contribution in [3.8, 4) is 0 Å². The Labute approximate surface area is 117 Å². The quantitative estimate of drug-likeness (QED) is 0.244. The number of hydrogen-bond donors (Lipinski definition) is 7. The molecule has 1 saturated heterocycles. The summed E-state index contributed by atoms with van der Waals surface area (Å²) < 4.78 is 10.6. The molecule has 0 bridgehead atoms. The van der Waals surface area contributed by atoms with E-state index in [-0.39, 0.29) is 26.2 Å². The molecule has 1 heterocycles. The second-order valence-corrected chi connectivity index (χ2v) is 5.12. The summed E-state index contributed by atoms with van der Waals surface area (Å²) >= 11 is 0. The van der Waals surface area contributed by atoms with Gasteiger partial charge in [0.15, 0.2) is 6.29 Å². The third-order valence-corrected chi connectivity index (χ3v) is 3.70. The van der Waals surface area contributed by atoms with E-state index in [2.05, 4.69) is 0 Å². The van der Waals surface area contributed by atoms with Crippen LogP contribution >= 0.6 is 0 Å². The second-order valence-electron chi connectivity index (χ2n) is 5.12. The molecule has 9 nitrogen and oxygen atoms in total. The average Bonchev–Trinajstić information content (AvgIpc) is 2.48. The highest BCUT2D eigenvalue weighted by molar-refractivity contribution is 4.90. The molecular formula is C11H25N3O6. The SMILES string of the molecule is NCC(CN)(CN)CO[C@@H]1O[C@H](CO)[C@@H](O)[C@H](O)[C@H]1O. The fourth-order valence-electron chi connectivity index (χ4n) is 1.89. The lowest BCUT2D eigenvalue weighted by atomic mass is 9.89. The monoisotopic (exact) mass is 295 g/mol. The first-order chi connectivity index (χ1) is 9.44. The summed E-state index contributed by atoms with van der Waals surface area (Å²) in [6, 6.07) is 0. The molecule has 1 aliphatic rings. The van der Waals surface area contributed by atoms with Gasteiger partial charge in [-0.1, -0.05) is 0 Å². The number of aliphatic hydroxyl groups is 4. The summed E-state index contributed by atoms with van der Waals surface area (Å²) in [5.41, 5.74) is 16.2. The van der Waals surface area contributed by atoms with Crippen molar-refractivity contribution < 1.29 is 29.9 Å². The Morgan fingerprint density at radius 1 is 0.950 bits per heavy atom. The van der Waals surface area contributed by atoms with E-state index in [1.807, 2.05) is 0 Å². The fraction of sp³-hybridized carbons (Fsp3) is 1.00. The van der Waals surface area contributed by atoms with Crippen LogP contribution in [-0.4, -0.2) is 84.0 Å². The first-order valence-corrected chi connectivity index (χ1v) is 6.47. The van der Waals surface area contributed by atoms with Crippen molar-refractivity contribution >= 4 is 0 Å². The average molecular weight is 295 g/mol. The second kappa shape index (κ2) is 7.59. The van der Waals surface area contributed by atoms with Crippen molar-refractivity contribution in [3.63, 3.8) is 0 Å². The van der Waals surface area contributed by atoms with Gasteiger partial charge in [0.2, 0.25) is 0 Å². The molecular weight excluding hydrogens is 270 g/mol. The van der Waals surface area contributed by atoms with Crippen LogP contribution in [0.15, 0.2) is 0 Å². The van der Waals surface area contributed by atoms with Gasteiger partial charge >= 0.3 is 0 Å². The number of aliphatic hydroxyl groups excluding tert-OH is 4. The smallest absolute Gasteiger partial charge is 0.186 e. The van der Waals surface area contributed by atoms with Crippen molar-refractivity contribution in [3.05, 3.63) is 0 Å². The van der Waals surface area contributed by atoms with Gasteiger partial charge in [0.1, 0.15) is 24.4 Å². The first kappa shape index (κ1) is 17.7. The maximum absolute atomic E-state index is 9.80. The lowest BCUT2D eigenvalue weighted by molar-refractivity contribution is -0.305. The van der Waals surface area contributed by atoms with Crippen LogP contribution in [0.3, 0.4) is 0 Å². The van der Waals surface area contributed by atoms with Gasteiger partial charge in [0.25, 0.3) is 0 Å². The van der Waals surface area contributed by atoms with E-state index in [0.29, 0.717) is 0 Å². The molecule has 0 radical (unpaired) electrons. The molecule has 0 aromatic rings. The van der Waals surface area contributed by atoms with Crippen LogP contribution in [0.25, 0.3) is 0 Å². The Kier molecular flexibility index (Phi) is 6.72. The molecule has 10 N–H and O–H groups in total. The predicted octanol–water partition coefficient (Wildman–Crippen LogP) is -4.33. The van der Waals surface area contributed by atoms with Crippen LogP contribution in [0, 0.1) is 5.41 Å².